The van der Waals surface area contributed by atoms with Crippen LogP contribution in [0.1, 0.15) is 5.76 Å². The van der Waals surface area contributed by atoms with Crippen LogP contribution in [-0.4, -0.2) is 7.11 Å². The van der Waals surface area contributed by atoms with Crippen LogP contribution in [0.15, 0.2) is 47.1 Å². The minimum absolute atomic E-state index is 0.783. The fraction of sp³-hybridized carbons (Fsp3) is 0.0833. The van der Waals surface area contributed by atoms with E-state index in [-0.39, 0.29) is 0 Å². The van der Waals surface area contributed by atoms with Gasteiger partial charge in [0.1, 0.15) is 0 Å². The maximum Gasteiger partial charge on any atom is 0.360 e. The van der Waals surface area contributed by atoms with Crippen molar-refractivity contribution in [2.75, 3.05) is 7.11 Å². The van der Waals surface area contributed by atoms with Gasteiger partial charge in [-0.3, -0.25) is 0 Å². The highest BCUT2D eigenvalue weighted by molar-refractivity contribution is 5.76. The van der Waals surface area contributed by atoms with Gasteiger partial charge >= 0.3 is 11.3 Å². The van der Waals surface area contributed by atoms with Gasteiger partial charge in [0.25, 0.3) is 0 Å². The second-order valence-electron chi connectivity index (χ2n) is 2.91. The number of fused-ring (bicyclic) bond motifs is 1. The zero-order valence-electron chi connectivity index (χ0n) is 7.94. The Bertz CT molecular complexity index is 461. The Labute approximate surface area is 82.4 Å². The number of para-hydroxylation sites is 1. The Balaban J connectivity index is 2.46. The maximum absolute atomic E-state index is 5.60. The van der Waals surface area contributed by atoms with E-state index in [1.165, 1.54) is 0 Å². The van der Waals surface area contributed by atoms with E-state index < -0.39 is 0 Å². The third kappa shape index (κ3) is 1.74. The van der Waals surface area contributed by atoms with Gasteiger partial charge in [-0.2, -0.15) is 0 Å². The first kappa shape index (κ1) is 8.75. The van der Waals surface area contributed by atoms with Crippen molar-refractivity contribution in [1.29, 1.82) is 0 Å². The van der Waals surface area contributed by atoms with Gasteiger partial charge in [-0.05, 0) is 12.1 Å². The van der Waals surface area contributed by atoms with Crippen molar-refractivity contribution < 1.29 is 9.15 Å². The topological polar surface area (TPSA) is 20.5 Å². The number of ether oxygens (including phenoxy) is 1. The first-order chi connectivity index (χ1) is 6.90. The summed E-state index contributed by atoms with van der Waals surface area (Å²) in [7, 11) is 1.61. The average molecular weight is 187 g/mol. The minimum atomic E-state index is 0.783. The molecule has 70 valence electrons. The van der Waals surface area contributed by atoms with E-state index in [0.29, 0.717) is 0 Å². The second-order valence-corrected chi connectivity index (χ2v) is 2.91. The molecule has 0 N–H and O–H groups in total. The molecule has 1 heterocycles. The third-order valence-corrected chi connectivity index (χ3v) is 1.94. The highest BCUT2D eigenvalue weighted by atomic mass is 16.5. The third-order valence-electron chi connectivity index (χ3n) is 1.94. The maximum atomic E-state index is 5.60. The van der Waals surface area contributed by atoms with E-state index in [1.54, 1.807) is 19.4 Å². The molecule has 0 aliphatic heterocycles. The van der Waals surface area contributed by atoms with Crippen LogP contribution in [0.3, 0.4) is 0 Å². The summed E-state index contributed by atoms with van der Waals surface area (Å²) in [5, 5.41) is 1.10. The van der Waals surface area contributed by atoms with Gasteiger partial charge in [0.15, 0.2) is 0 Å². The molecule has 0 saturated carbocycles. The van der Waals surface area contributed by atoms with Gasteiger partial charge in [0.2, 0.25) is 0 Å². The fourth-order valence-electron chi connectivity index (χ4n) is 1.27. The smallest absolute Gasteiger partial charge is 0.360 e. The summed E-state index contributed by atoms with van der Waals surface area (Å²) in [6, 6.07) is 11.8. The Hall–Kier alpha value is -1.83. The normalized spacial score (nSPS) is 10.9. The lowest BCUT2D eigenvalue weighted by Gasteiger charge is -1.87. The van der Waals surface area contributed by atoms with E-state index in [9.17, 15) is 0 Å². The molecule has 0 saturated heterocycles. The van der Waals surface area contributed by atoms with Gasteiger partial charge in [-0.15, -0.1) is 0 Å². The van der Waals surface area contributed by atoms with Gasteiger partial charge in [-0.25, -0.2) is 4.42 Å². The van der Waals surface area contributed by atoms with Crippen LogP contribution in [0, 0.1) is 0 Å². The Morgan fingerprint density at radius 3 is 2.86 bits per heavy atom. The van der Waals surface area contributed by atoms with E-state index in [0.717, 1.165) is 16.7 Å². The number of hydrogen-bond acceptors (Lipinski definition) is 1. The molecule has 1 aromatic carbocycles. The summed E-state index contributed by atoms with van der Waals surface area (Å²) < 4.78 is 10.4. The Morgan fingerprint density at radius 1 is 1.14 bits per heavy atom. The van der Waals surface area contributed by atoms with Crippen molar-refractivity contribution in [3.05, 3.63) is 48.4 Å². The standard InChI is InChI=1S/C12H11O2/c1-13-9-8-11-7-6-10-4-2-3-5-12(10)14-11/h2-9H,1H3/q+1/b9-8+. The molecule has 0 fully saturated rings. The fourth-order valence-corrected chi connectivity index (χ4v) is 1.27. The highest BCUT2D eigenvalue weighted by Gasteiger charge is 2.07. The van der Waals surface area contributed by atoms with Crippen molar-refractivity contribution in [2.45, 2.75) is 0 Å². The van der Waals surface area contributed by atoms with Crippen LogP contribution < -0.4 is 0 Å². The van der Waals surface area contributed by atoms with E-state index in [2.05, 4.69) is 0 Å². The van der Waals surface area contributed by atoms with Crippen molar-refractivity contribution in [1.82, 2.24) is 0 Å². The molecule has 2 aromatic rings. The average Bonchev–Trinajstić information content (AvgIpc) is 2.26. The van der Waals surface area contributed by atoms with Crippen molar-refractivity contribution in [3.63, 3.8) is 0 Å². The molecule has 0 bridgehead atoms. The van der Waals surface area contributed by atoms with Crippen LogP contribution in [-0.2, 0) is 4.74 Å². The first-order valence-corrected chi connectivity index (χ1v) is 4.41. The molecule has 0 radical (unpaired) electrons. The van der Waals surface area contributed by atoms with Crippen LogP contribution in [0.5, 0.6) is 0 Å². The van der Waals surface area contributed by atoms with E-state index in [1.807, 2.05) is 36.4 Å². The van der Waals surface area contributed by atoms with Gasteiger partial charge < -0.3 is 4.74 Å². The largest absolute Gasteiger partial charge is 0.504 e. The predicted octanol–water partition coefficient (Wildman–Crippen LogP) is 3.33. The molecular formula is C12H11O2+. The molecule has 0 amide bonds. The summed E-state index contributed by atoms with van der Waals surface area (Å²) >= 11 is 0. The van der Waals surface area contributed by atoms with Crippen molar-refractivity contribution in [2.24, 2.45) is 0 Å². The van der Waals surface area contributed by atoms with E-state index >= 15 is 0 Å². The molecule has 2 nitrogen and oxygen atoms in total. The van der Waals surface area contributed by atoms with Gasteiger partial charge in [0.05, 0.1) is 24.8 Å². The van der Waals surface area contributed by atoms with Gasteiger partial charge in [0, 0.05) is 12.1 Å². The van der Waals surface area contributed by atoms with Crippen LogP contribution in [0.4, 0.5) is 0 Å². The Kier molecular flexibility index (Phi) is 2.45. The van der Waals surface area contributed by atoms with Gasteiger partial charge in [-0.1, -0.05) is 12.1 Å². The predicted molar refractivity (Wildman–Crippen MR) is 56.7 cm³/mol. The molecular weight excluding hydrogens is 176 g/mol. The highest BCUT2D eigenvalue weighted by Crippen LogP contribution is 2.16. The number of hydrogen-bond donors (Lipinski definition) is 0. The zero-order chi connectivity index (χ0) is 9.80. The number of methoxy groups -OCH3 is 1. The van der Waals surface area contributed by atoms with Crippen LogP contribution >= 0.6 is 0 Å². The summed E-state index contributed by atoms with van der Waals surface area (Å²) in [6.45, 7) is 0. The molecule has 14 heavy (non-hydrogen) atoms. The minimum Gasteiger partial charge on any atom is -0.504 e. The summed E-state index contributed by atoms with van der Waals surface area (Å²) in [4.78, 5) is 0. The molecule has 0 unspecified atom stereocenters. The molecule has 0 spiro atoms. The zero-order valence-corrected chi connectivity index (χ0v) is 7.94. The quantitative estimate of drug-likeness (QED) is 0.531. The van der Waals surface area contributed by atoms with E-state index in [4.69, 9.17) is 9.15 Å². The second kappa shape index (κ2) is 3.92. The molecule has 0 aliphatic rings. The Morgan fingerprint density at radius 2 is 2.00 bits per heavy atom. The lowest BCUT2D eigenvalue weighted by atomic mass is 10.2. The number of rotatable bonds is 2. The summed E-state index contributed by atoms with van der Waals surface area (Å²) in [5.74, 6) is 0.783. The lowest BCUT2D eigenvalue weighted by molar-refractivity contribution is 0.340. The molecule has 1 aromatic heterocycles. The molecule has 0 atom stereocenters. The molecule has 0 aliphatic carbocycles. The van der Waals surface area contributed by atoms with Crippen molar-refractivity contribution in [3.8, 4) is 0 Å². The van der Waals surface area contributed by atoms with Crippen LogP contribution in [0.2, 0.25) is 0 Å². The van der Waals surface area contributed by atoms with Crippen molar-refractivity contribution >= 4 is 17.0 Å². The first-order valence-electron chi connectivity index (χ1n) is 4.41. The van der Waals surface area contributed by atoms with Crippen LogP contribution in [0.25, 0.3) is 17.0 Å². The molecule has 2 heteroatoms. The summed E-state index contributed by atoms with van der Waals surface area (Å²) in [6.07, 6.45) is 3.38. The number of benzene rings is 1. The SMILES string of the molecule is CO/C=C/c1ccc2ccccc2[o+]1. The summed E-state index contributed by atoms with van der Waals surface area (Å²) in [5.41, 5.74) is 0.880. The monoisotopic (exact) mass is 187 g/mol. The molecule has 2 rings (SSSR count). The lowest BCUT2D eigenvalue weighted by Crippen LogP contribution is -1.75.